The lowest BCUT2D eigenvalue weighted by Gasteiger charge is -2.56. The fourth-order valence-electron chi connectivity index (χ4n) is 6.60. The third-order valence-corrected chi connectivity index (χ3v) is 7.46. The molecule has 2 aromatic carbocycles. The smallest absolute Gasteiger partial charge is 0.226 e. The topological polar surface area (TPSA) is 32.3 Å². The van der Waals surface area contributed by atoms with E-state index in [0.717, 1.165) is 29.1 Å². The molecule has 0 aliphatic heterocycles. The molecule has 0 heterocycles. The molecule has 0 atom stereocenters. The van der Waals surface area contributed by atoms with Crippen LogP contribution in [-0.4, -0.2) is 11.0 Å². The first-order chi connectivity index (χ1) is 14.1. The lowest BCUT2D eigenvalue weighted by Crippen LogP contribution is -2.49. The van der Waals surface area contributed by atoms with Crippen LogP contribution in [-0.2, 0) is 4.79 Å². The van der Waals surface area contributed by atoms with E-state index in [1.165, 1.54) is 38.5 Å². The molecule has 0 radical (unpaired) electrons. The summed E-state index contributed by atoms with van der Waals surface area (Å²) in [6.45, 7) is 0. The van der Waals surface area contributed by atoms with Gasteiger partial charge in [-0.25, -0.2) is 0 Å². The van der Waals surface area contributed by atoms with Crippen LogP contribution in [0.25, 0.3) is 0 Å². The van der Waals surface area contributed by atoms with E-state index in [2.05, 4.69) is 5.32 Å². The van der Waals surface area contributed by atoms with Crippen molar-refractivity contribution in [3.8, 4) is 0 Å². The Bertz CT molecular complexity index is 821. The molecule has 4 aliphatic carbocycles. The quantitative estimate of drug-likeness (QED) is 0.651. The first kappa shape index (κ1) is 18.8. The summed E-state index contributed by atoms with van der Waals surface area (Å²) in [4.78, 5) is 15.0. The number of carbonyl (C=O) groups is 1. The molecule has 0 aromatic heterocycles. The number of hydrogen-bond acceptors (Lipinski definition) is 2. The highest BCUT2D eigenvalue weighted by Crippen LogP contribution is 2.61. The second-order valence-corrected chi connectivity index (χ2v) is 9.84. The van der Waals surface area contributed by atoms with E-state index in [1.54, 1.807) is 0 Å². The maximum Gasteiger partial charge on any atom is 0.226 e. The third-order valence-electron chi connectivity index (χ3n) is 7.18. The van der Waals surface area contributed by atoms with Crippen LogP contribution in [0.5, 0.6) is 0 Å². The second-order valence-electron chi connectivity index (χ2n) is 9.45. The Kier molecular flexibility index (Phi) is 4.91. The number of rotatable bonds is 4. The van der Waals surface area contributed by atoms with Crippen LogP contribution < -0.4 is 10.2 Å². The van der Waals surface area contributed by atoms with Crippen molar-refractivity contribution in [1.82, 2.24) is 5.32 Å². The summed E-state index contributed by atoms with van der Waals surface area (Å²) in [6, 6.07) is 20.0. The van der Waals surface area contributed by atoms with E-state index >= 15 is 0 Å². The largest absolute Gasteiger partial charge is 0.302 e. The van der Waals surface area contributed by atoms with Gasteiger partial charge in [0.05, 0.1) is 0 Å². The molecule has 4 bridgehead atoms. The van der Waals surface area contributed by atoms with Gasteiger partial charge in [-0.3, -0.25) is 9.69 Å². The predicted molar refractivity (Wildman–Crippen MR) is 121 cm³/mol. The predicted octanol–water partition coefficient (Wildman–Crippen LogP) is 5.83. The first-order valence-corrected chi connectivity index (χ1v) is 11.3. The minimum Gasteiger partial charge on any atom is -0.302 e. The molecule has 3 nitrogen and oxygen atoms in total. The van der Waals surface area contributed by atoms with Crippen molar-refractivity contribution in [3.05, 3.63) is 60.7 Å². The minimum absolute atomic E-state index is 0.0776. The van der Waals surface area contributed by atoms with Gasteiger partial charge in [-0.05, 0) is 98.2 Å². The van der Waals surface area contributed by atoms with Crippen molar-refractivity contribution in [1.29, 1.82) is 0 Å². The van der Waals surface area contributed by atoms with Gasteiger partial charge in [-0.15, -0.1) is 0 Å². The average Bonchev–Trinajstić information content (AvgIpc) is 2.68. The summed E-state index contributed by atoms with van der Waals surface area (Å²) < 4.78 is 0. The minimum atomic E-state index is 0.0776. The lowest BCUT2D eigenvalue weighted by atomic mass is 9.49. The van der Waals surface area contributed by atoms with E-state index in [-0.39, 0.29) is 11.3 Å². The number of benzene rings is 2. The Balaban J connectivity index is 1.32. The summed E-state index contributed by atoms with van der Waals surface area (Å²) >= 11 is 5.72. The molecule has 1 N–H and O–H groups in total. The van der Waals surface area contributed by atoms with Gasteiger partial charge in [0.2, 0.25) is 5.91 Å². The molecule has 4 aliphatic rings. The highest BCUT2D eigenvalue weighted by atomic mass is 32.1. The molecule has 4 saturated carbocycles. The number of nitrogens with one attached hydrogen (secondary N) is 1. The van der Waals surface area contributed by atoms with Gasteiger partial charge in [-0.1, -0.05) is 36.4 Å². The number of carbonyl (C=O) groups excluding carboxylic acids is 1. The fourth-order valence-corrected chi connectivity index (χ4v) is 6.93. The SMILES string of the molecule is O=C(CC12CC3CC(CC(C3)C1)C2)NC(=S)N(c1ccccc1)c1ccccc1. The Morgan fingerprint density at radius 3 is 1.76 bits per heavy atom. The summed E-state index contributed by atoms with van der Waals surface area (Å²) in [5.41, 5.74) is 2.14. The van der Waals surface area contributed by atoms with E-state index in [4.69, 9.17) is 12.2 Å². The number of thiocarbonyl (C=S) groups is 1. The van der Waals surface area contributed by atoms with Crippen LogP contribution in [0.15, 0.2) is 60.7 Å². The standard InChI is InChI=1S/C25H28N2OS/c28-23(17-25-14-18-11-19(15-25)13-20(12-18)16-25)26-24(29)27(21-7-3-1-4-8-21)22-9-5-2-6-10-22/h1-10,18-20H,11-17H2,(H,26,28,29). The van der Waals surface area contributed by atoms with Crippen LogP contribution in [0.2, 0.25) is 0 Å². The maximum atomic E-state index is 13.1. The van der Waals surface area contributed by atoms with Crippen molar-refractivity contribution in [2.24, 2.45) is 23.2 Å². The third kappa shape index (κ3) is 3.83. The van der Waals surface area contributed by atoms with Gasteiger partial charge < -0.3 is 5.32 Å². The maximum absolute atomic E-state index is 13.1. The molecule has 4 fully saturated rings. The lowest BCUT2D eigenvalue weighted by molar-refractivity contribution is -0.128. The number of nitrogens with zero attached hydrogens (tertiary/aromatic N) is 1. The monoisotopic (exact) mass is 404 g/mol. The zero-order valence-electron chi connectivity index (χ0n) is 16.7. The molecule has 1 amide bonds. The Labute approximate surface area is 178 Å². The molecule has 0 spiro atoms. The van der Waals surface area contributed by atoms with Gasteiger partial charge >= 0.3 is 0 Å². The Morgan fingerprint density at radius 1 is 0.862 bits per heavy atom. The summed E-state index contributed by atoms with van der Waals surface area (Å²) in [5, 5.41) is 3.53. The number of anilines is 2. The van der Waals surface area contributed by atoms with Crippen molar-refractivity contribution in [2.45, 2.75) is 44.9 Å². The zero-order valence-corrected chi connectivity index (χ0v) is 17.5. The summed E-state index contributed by atoms with van der Waals surface area (Å²) in [7, 11) is 0. The van der Waals surface area contributed by atoms with Gasteiger partial charge in [0.15, 0.2) is 5.11 Å². The van der Waals surface area contributed by atoms with Gasteiger partial charge in [-0.2, -0.15) is 0 Å². The summed E-state index contributed by atoms with van der Waals surface area (Å²) in [6.07, 6.45) is 8.52. The van der Waals surface area contributed by atoms with Crippen LogP contribution in [0.1, 0.15) is 44.9 Å². The Hall–Kier alpha value is -2.20. The molecule has 2 aromatic rings. The number of hydrogen-bond donors (Lipinski definition) is 1. The molecule has 29 heavy (non-hydrogen) atoms. The molecule has 150 valence electrons. The number of amides is 1. The average molecular weight is 405 g/mol. The molecular formula is C25H28N2OS. The highest BCUT2D eigenvalue weighted by Gasteiger charge is 2.51. The van der Waals surface area contributed by atoms with Gasteiger partial charge in [0.1, 0.15) is 0 Å². The van der Waals surface area contributed by atoms with Crippen LogP contribution in [0, 0.1) is 23.2 Å². The normalized spacial score (nSPS) is 29.4. The van der Waals surface area contributed by atoms with Crippen molar-refractivity contribution < 1.29 is 4.79 Å². The highest BCUT2D eigenvalue weighted by molar-refractivity contribution is 7.80. The van der Waals surface area contributed by atoms with Gasteiger partial charge in [0.25, 0.3) is 0 Å². The van der Waals surface area contributed by atoms with Crippen molar-refractivity contribution in [3.63, 3.8) is 0 Å². The van der Waals surface area contributed by atoms with Crippen LogP contribution in [0.4, 0.5) is 11.4 Å². The van der Waals surface area contributed by atoms with Gasteiger partial charge in [0, 0.05) is 17.8 Å². The van der Waals surface area contributed by atoms with E-state index < -0.39 is 0 Å². The molecule has 0 unspecified atom stereocenters. The van der Waals surface area contributed by atoms with E-state index in [9.17, 15) is 4.79 Å². The number of para-hydroxylation sites is 2. The molecule has 6 rings (SSSR count). The first-order valence-electron chi connectivity index (χ1n) is 10.8. The van der Waals surface area contributed by atoms with Crippen molar-refractivity contribution in [2.75, 3.05) is 4.90 Å². The molecule has 0 saturated heterocycles. The Morgan fingerprint density at radius 2 is 1.31 bits per heavy atom. The summed E-state index contributed by atoms with van der Waals surface area (Å²) in [5.74, 6) is 2.64. The van der Waals surface area contributed by atoms with Crippen molar-refractivity contribution >= 4 is 34.6 Å². The molecular weight excluding hydrogens is 376 g/mol. The fraction of sp³-hybridized carbons (Fsp3) is 0.440. The van der Waals surface area contributed by atoms with E-state index in [0.29, 0.717) is 11.5 Å². The molecule has 4 heteroatoms. The second kappa shape index (κ2) is 7.56. The van der Waals surface area contributed by atoms with E-state index in [1.807, 2.05) is 65.6 Å². The van der Waals surface area contributed by atoms with Crippen LogP contribution >= 0.6 is 12.2 Å². The van der Waals surface area contributed by atoms with Crippen LogP contribution in [0.3, 0.4) is 0 Å². The zero-order chi connectivity index (χ0) is 19.8.